The number of piperidine rings is 1. The molecule has 0 spiro atoms. The van der Waals surface area contributed by atoms with Crippen molar-refractivity contribution in [3.63, 3.8) is 0 Å². The minimum absolute atomic E-state index is 0.0733. The van der Waals surface area contributed by atoms with Crippen molar-refractivity contribution in [2.75, 3.05) is 20.2 Å². The van der Waals surface area contributed by atoms with Gasteiger partial charge in [-0.25, -0.2) is 4.98 Å². The molecule has 116 valence electrons. The number of amides is 1. The van der Waals surface area contributed by atoms with E-state index in [2.05, 4.69) is 17.1 Å². The molecule has 1 amide bonds. The average molecular weight is 316 g/mol. The molecule has 1 aromatic carbocycles. The highest BCUT2D eigenvalue weighted by Crippen LogP contribution is 2.23. The first-order valence-electron chi connectivity index (χ1n) is 7.56. The van der Waals surface area contributed by atoms with E-state index in [0.717, 1.165) is 38.1 Å². The third-order valence-electron chi connectivity index (χ3n) is 4.24. The molecule has 0 N–H and O–H groups in total. The first kappa shape index (κ1) is 15.0. The van der Waals surface area contributed by atoms with Crippen LogP contribution in [0, 0.1) is 5.92 Å². The molecule has 0 radical (unpaired) electrons. The number of carbonyl (C=O) groups excluding carboxylic acids is 1. The summed E-state index contributed by atoms with van der Waals surface area (Å²) in [5.41, 5.74) is 3.63. The molecule has 5 heteroatoms. The minimum Gasteiger partial charge on any atom is -0.497 e. The third kappa shape index (κ3) is 3.47. The summed E-state index contributed by atoms with van der Waals surface area (Å²) in [5.74, 6) is 1.62. The molecule has 2 heterocycles. The molecule has 3 rings (SSSR count). The number of benzene rings is 1. The van der Waals surface area contributed by atoms with Gasteiger partial charge in [0.2, 0.25) is 0 Å². The largest absolute Gasteiger partial charge is 0.497 e. The number of aromatic nitrogens is 1. The van der Waals surface area contributed by atoms with E-state index >= 15 is 0 Å². The third-order valence-corrected chi connectivity index (χ3v) is 4.82. The van der Waals surface area contributed by atoms with Crippen molar-refractivity contribution in [2.45, 2.75) is 19.3 Å². The van der Waals surface area contributed by atoms with Crippen molar-refractivity contribution in [2.24, 2.45) is 5.92 Å². The van der Waals surface area contributed by atoms with E-state index < -0.39 is 0 Å². The molecule has 1 saturated heterocycles. The van der Waals surface area contributed by atoms with Crippen LogP contribution in [0.4, 0.5) is 0 Å². The highest BCUT2D eigenvalue weighted by Gasteiger charge is 2.24. The number of rotatable bonds is 4. The van der Waals surface area contributed by atoms with Crippen LogP contribution in [0.1, 0.15) is 28.9 Å². The molecule has 1 fully saturated rings. The van der Waals surface area contributed by atoms with Crippen LogP contribution in [0.2, 0.25) is 0 Å². The zero-order chi connectivity index (χ0) is 15.4. The van der Waals surface area contributed by atoms with Gasteiger partial charge in [0.15, 0.2) is 0 Å². The summed E-state index contributed by atoms with van der Waals surface area (Å²) in [5, 5.41) is 1.83. The Hall–Kier alpha value is -1.88. The fourth-order valence-electron chi connectivity index (χ4n) is 2.92. The lowest BCUT2D eigenvalue weighted by molar-refractivity contribution is 0.0685. The quantitative estimate of drug-likeness (QED) is 0.869. The molecule has 1 aliphatic heterocycles. The lowest BCUT2D eigenvalue weighted by Crippen LogP contribution is -2.39. The lowest BCUT2D eigenvalue weighted by Gasteiger charge is -2.31. The van der Waals surface area contributed by atoms with Gasteiger partial charge < -0.3 is 9.64 Å². The monoisotopic (exact) mass is 316 g/mol. The Morgan fingerprint density at radius 2 is 2.05 bits per heavy atom. The fraction of sp³-hybridized carbons (Fsp3) is 0.412. The molecule has 0 atom stereocenters. The van der Waals surface area contributed by atoms with Gasteiger partial charge in [0.1, 0.15) is 11.4 Å². The van der Waals surface area contributed by atoms with E-state index in [1.807, 2.05) is 22.4 Å². The lowest BCUT2D eigenvalue weighted by atomic mass is 9.90. The molecule has 0 unspecified atom stereocenters. The summed E-state index contributed by atoms with van der Waals surface area (Å²) < 4.78 is 5.19. The van der Waals surface area contributed by atoms with Gasteiger partial charge in [-0.3, -0.25) is 4.79 Å². The van der Waals surface area contributed by atoms with E-state index in [4.69, 9.17) is 4.74 Å². The molecule has 1 aromatic heterocycles. The minimum atomic E-state index is 0.0733. The predicted octanol–water partition coefficient (Wildman–Crippen LogP) is 3.25. The number of methoxy groups -OCH3 is 1. The van der Waals surface area contributed by atoms with Gasteiger partial charge in [0.05, 0.1) is 12.6 Å². The van der Waals surface area contributed by atoms with Crippen LogP contribution in [-0.2, 0) is 6.42 Å². The second-order valence-electron chi connectivity index (χ2n) is 5.66. The second kappa shape index (κ2) is 6.92. The summed E-state index contributed by atoms with van der Waals surface area (Å²) in [4.78, 5) is 18.3. The van der Waals surface area contributed by atoms with Crippen molar-refractivity contribution >= 4 is 17.2 Å². The molecule has 4 nitrogen and oxygen atoms in total. The van der Waals surface area contributed by atoms with Crippen LogP contribution in [0.15, 0.2) is 35.2 Å². The Kier molecular flexibility index (Phi) is 4.73. The number of hydrogen-bond acceptors (Lipinski definition) is 4. The fourth-order valence-corrected chi connectivity index (χ4v) is 3.44. The first-order valence-corrected chi connectivity index (χ1v) is 8.51. The summed E-state index contributed by atoms with van der Waals surface area (Å²) in [7, 11) is 1.68. The Bertz CT molecular complexity index is 602. The van der Waals surface area contributed by atoms with Gasteiger partial charge in [-0.05, 0) is 42.9 Å². The number of carbonyl (C=O) groups is 1. The maximum atomic E-state index is 12.3. The number of likely N-dealkylation sites (tertiary alicyclic amines) is 1. The highest BCUT2D eigenvalue weighted by atomic mass is 32.1. The molecular weight excluding hydrogens is 296 g/mol. The van der Waals surface area contributed by atoms with Crippen LogP contribution in [0.5, 0.6) is 5.75 Å². The van der Waals surface area contributed by atoms with Gasteiger partial charge >= 0.3 is 0 Å². The zero-order valence-electron chi connectivity index (χ0n) is 12.7. The topological polar surface area (TPSA) is 42.4 Å². The number of ether oxygens (including phenoxy) is 1. The van der Waals surface area contributed by atoms with E-state index in [9.17, 15) is 4.79 Å². The Labute approximate surface area is 134 Å². The van der Waals surface area contributed by atoms with Crippen LogP contribution >= 0.6 is 11.3 Å². The summed E-state index contributed by atoms with van der Waals surface area (Å²) in [6, 6.07) is 8.28. The van der Waals surface area contributed by atoms with Gasteiger partial charge in [-0.2, -0.15) is 0 Å². The van der Waals surface area contributed by atoms with E-state index in [0.29, 0.717) is 11.6 Å². The van der Waals surface area contributed by atoms with Crippen molar-refractivity contribution < 1.29 is 9.53 Å². The van der Waals surface area contributed by atoms with Crippen LogP contribution in [0.3, 0.4) is 0 Å². The molecule has 22 heavy (non-hydrogen) atoms. The van der Waals surface area contributed by atoms with Gasteiger partial charge in [0, 0.05) is 18.5 Å². The summed E-state index contributed by atoms with van der Waals surface area (Å²) in [6.45, 7) is 1.66. The predicted molar refractivity (Wildman–Crippen MR) is 87.4 cm³/mol. The molecule has 0 bridgehead atoms. The van der Waals surface area contributed by atoms with E-state index in [1.165, 1.54) is 16.9 Å². The van der Waals surface area contributed by atoms with Gasteiger partial charge in [0.25, 0.3) is 5.91 Å². The molecular formula is C17H20N2O2S. The maximum Gasteiger partial charge on any atom is 0.273 e. The van der Waals surface area contributed by atoms with E-state index in [-0.39, 0.29) is 5.91 Å². The molecule has 1 aliphatic rings. The van der Waals surface area contributed by atoms with Crippen molar-refractivity contribution in [3.05, 3.63) is 46.4 Å². The van der Waals surface area contributed by atoms with Gasteiger partial charge in [-0.15, -0.1) is 11.3 Å². The van der Waals surface area contributed by atoms with Crippen molar-refractivity contribution in [1.82, 2.24) is 9.88 Å². The molecule has 0 aliphatic carbocycles. The number of nitrogens with zero attached hydrogens (tertiary/aromatic N) is 2. The van der Waals surface area contributed by atoms with Crippen LogP contribution in [0.25, 0.3) is 0 Å². The van der Waals surface area contributed by atoms with Gasteiger partial charge in [-0.1, -0.05) is 12.1 Å². The number of hydrogen-bond donors (Lipinski definition) is 0. The van der Waals surface area contributed by atoms with Crippen LogP contribution in [-0.4, -0.2) is 36.0 Å². The van der Waals surface area contributed by atoms with E-state index in [1.54, 1.807) is 12.6 Å². The summed E-state index contributed by atoms with van der Waals surface area (Å²) in [6.07, 6.45) is 3.19. The standard InChI is InChI=1S/C17H20N2O2S/c1-21-15-4-2-13(3-5-15)10-14-6-8-19(9-7-14)17(20)16-11-22-12-18-16/h2-5,11-12,14H,6-10H2,1H3. The van der Waals surface area contributed by atoms with Crippen molar-refractivity contribution in [3.8, 4) is 5.75 Å². The molecule has 0 saturated carbocycles. The molecule has 2 aromatic rings. The summed E-state index contributed by atoms with van der Waals surface area (Å²) >= 11 is 1.47. The highest BCUT2D eigenvalue weighted by molar-refractivity contribution is 7.07. The first-order chi connectivity index (χ1) is 10.8. The Morgan fingerprint density at radius 1 is 1.32 bits per heavy atom. The maximum absolute atomic E-state index is 12.3. The SMILES string of the molecule is COc1ccc(CC2CCN(C(=O)c3cscn3)CC2)cc1. The average Bonchev–Trinajstić information content (AvgIpc) is 3.10. The Balaban J connectivity index is 1.52. The van der Waals surface area contributed by atoms with Crippen molar-refractivity contribution in [1.29, 1.82) is 0 Å². The normalized spacial score (nSPS) is 15.8. The number of thiazole rings is 1. The smallest absolute Gasteiger partial charge is 0.273 e. The second-order valence-corrected chi connectivity index (χ2v) is 6.38. The van der Waals surface area contributed by atoms with Crippen LogP contribution < -0.4 is 4.74 Å². The zero-order valence-corrected chi connectivity index (χ0v) is 13.5. The Morgan fingerprint density at radius 3 is 2.64 bits per heavy atom.